The van der Waals surface area contributed by atoms with E-state index in [-0.39, 0.29) is 11.8 Å². The molecular formula is C28H33N5O2. The van der Waals surface area contributed by atoms with Crippen LogP contribution in [0.15, 0.2) is 73.2 Å². The van der Waals surface area contributed by atoms with Crippen molar-refractivity contribution in [3.8, 4) is 0 Å². The summed E-state index contributed by atoms with van der Waals surface area (Å²) in [5, 5.41) is 0. The number of rotatable bonds is 4. The quantitative estimate of drug-likeness (QED) is 0.580. The molecule has 35 heavy (non-hydrogen) atoms. The van der Waals surface area contributed by atoms with Gasteiger partial charge in [-0.25, -0.2) is 0 Å². The topological polar surface area (TPSA) is 69.6 Å². The van der Waals surface area contributed by atoms with E-state index in [9.17, 15) is 9.59 Å². The van der Waals surface area contributed by atoms with Crippen LogP contribution in [0.1, 0.15) is 36.6 Å². The molecule has 4 rings (SSSR count). The van der Waals surface area contributed by atoms with Gasteiger partial charge in [0.2, 0.25) is 11.8 Å². The number of hydrogen-bond donors (Lipinski definition) is 0. The van der Waals surface area contributed by atoms with Gasteiger partial charge in [-0.3, -0.25) is 24.5 Å². The lowest BCUT2D eigenvalue weighted by Gasteiger charge is -2.31. The third-order valence-electron chi connectivity index (χ3n) is 6.32. The molecule has 1 aliphatic heterocycles. The number of nitrogens with zero attached hydrogens (tertiary/aromatic N) is 5. The summed E-state index contributed by atoms with van der Waals surface area (Å²) in [4.78, 5) is 40.8. The van der Waals surface area contributed by atoms with Crippen molar-refractivity contribution in [2.75, 3.05) is 31.1 Å². The average Bonchev–Trinajstić information content (AvgIpc) is 2.86. The van der Waals surface area contributed by atoms with Gasteiger partial charge >= 0.3 is 0 Å². The number of carbonyl (C=O) groups excluding carboxylic acids is 2. The number of benzene rings is 1. The summed E-state index contributed by atoms with van der Waals surface area (Å²) in [5.74, 6) is 0.0783. The van der Waals surface area contributed by atoms with Crippen LogP contribution in [0.3, 0.4) is 0 Å². The molecule has 1 aliphatic rings. The molecule has 0 aliphatic carbocycles. The van der Waals surface area contributed by atoms with E-state index in [0.29, 0.717) is 26.1 Å². The Labute approximate surface area is 207 Å². The number of amides is 2. The van der Waals surface area contributed by atoms with E-state index in [1.165, 1.54) is 0 Å². The van der Waals surface area contributed by atoms with Gasteiger partial charge in [0.05, 0.1) is 12.1 Å². The van der Waals surface area contributed by atoms with Gasteiger partial charge in [0, 0.05) is 70.5 Å². The molecule has 2 aromatic heterocycles. The standard InChI is InChI=1S/C28H33N5O2/c1-23(34)33-18-8-16-31(22-26-11-4-5-14-30-26)15-7-17-32(21-25-10-2-3-12-27(25)33)28(35)19-24-9-6-13-29-20-24/h2-6,9-14,20H,7-8,15-19,21-22H2,1H3. The first-order chi connectivity index (χ1) is 17.1. The second-order valence-electron chi connectivity index (χ2n) is 8.96. The molecule has 0 spiro atoms. The molecule has 7 nitrogen and oxygen atoms in total. The van der Waals surface area contributed by atoms with Crippen LogP contribution in [0.4, 0.5) is 5.69 Å². The van der Waals surface area contributed by atoms with Gasteiger partial charge < -0.3 is 9.80 Å². The Bertz CT molecular complexity index is 1110. The zero-order valence-corrected chi connectivity index (χ0v) is 20.3. The summed E-state index contributed by atoms with van der Waals surface area (Å²) >= 11 is 0. The molecule has 0 radical (unpaired) electrons. The van der Waals surface area contributed by atoms with Crippen LogP contribution in [0, 0.1) is 0 Å². The van der Waals surface area contributed by atoms with E-state index < -0.39 is 0 Å². The van der Waals surface area contributed by atoms with Crippen LogP contribution in [0.2, 0.25) is 0 Å². The molecule has 0 unspecified atom stereocenters. The fourth-order valence-electron chi connectivity index (χ4n) is 4.57. The normalized spacial score (nSPS) is 15.6. The van der Waals surface area contributed by atoms with Gasteiger partial charge in [0.25, 0.3) is 0 Å². The Morgan fingerprint density at radius 3 is 2.43 bits per heavy atom. The predicted octanol–water partition coefficient (Wildman–Crippen LogP) is 3.70. The van der Waals surface area contributed by atoms with Crippen molar-refractivity contribution in [2.24, 2.45) is 0 Å². The van der Waals surface area contributed by atoms with E-state index in [1.54, 1.807) is 19.3 Å². The first kappa shape index (κ1) is 24.5. The van der Waals surface area contributed by atoms with Crippen molar-refractivity contribution in [2.45, 2.75) is 39.3 Å². The fraction of sp³-hybridized carbons (Fsp3) is 0.357. The first-order valence-corrected chi connectivity index (χ1v) is 12.2. The largest absolute Gasteiger partial charge is 0.338 e. The molecule has 3 aromatic rings. The third-order valence-corrected chi connectivity index (χ3v) is 6.32. The number of anilines is 1. The first-order valence-electron chi connectivity index (χ1n) is 12.2. The van der Waals surface area contributed by atoms with Gasteiger partial charge in [-0.15, -0.1) is 0 Å². The Morgan fingerprint density at radius 1 is 0.886 bits per heavy atom. The molecule has 0 fully saturated rings. The van der Waals surface area contributed by atoms with E-state index in [0.717, 1.165) is 55.0 Å². The summed E-state index contributed by atoms with van der Waals surface area (Å²) in [5.41, 5.74) is 3.81. The van der Waals surface area contributed by atoms with Crippen LogP contribution in [-0.4, -0.2) is 57.8 Å². The van der Waals surface area contributed by atoms with Gasteiger partial charge in [-0.05, 0) is 48.2 Å². The minimum atomic E-state index is 0.0130. The second kappa shape index (κ2) is 12.2. The monoisotopic (exact) mass is 471 g/mol. The number of fused-ring (bicyclic) bond motifs is 1. The highest BCUT2D eigenvalue weighted by atomic mass is 16.2. The smallest absolute Gasteiger partial charge is 0.227 e. The van der Waals surface area contributed by atoms with E-state index in [1.807, 2.05) is 70.6 Å². The Balaban J connectivity index is 1.58. The molecule has 0 bridgehead atoms. The molecular weight excluding hydrogens is 438 g/mol. The minimum absolute atomic E-state index is 0.0130. The van der Waals surface area contributed by atoms with Gasteiger partial charge in [-0.1, -0.05) is 30.3 Å². The van der Waals surface area contributed by atoms with Crippen molar-refractivity contribution >= 4 is 17.5 Å². The van der Waals surface area contributed by atoms with Crippen LogP contribution in [0.25, 0.3) is 0 Å². The van der Waals surface area contributed by atoms with Gasteiger partial charge in [0.15, 0.2) is 0 Å². The van der Waals surface area contributed by atoms with Crippen LogP contribution in [0.5, 0.6) is 0 Å². The lowest BCUT2D eigenvalue weighted by Crippen LogP contribution is -2.38. The summed E-state index contributed by atoms with van der Waals surface area (Å²) in [7, 11) is 0. The average molecular weight is 472 g/mol. The maximum absolute atomic E-state index is 13.4. The van der Waals surface area contributed by atoms with Crippen LogP contribution < -0.4 is 4.90 Å². The lowest BCUT2D eigenvalue weighted by molar-refractivity contribution is -0.131. The Morgan fingerprint density at radius 2 is 1.69 bits per heavy atom. The molecule has 182 valence electrons. The molecule has 3 heterocycles. The van der Waals surface area contributed by atoms with E-state index >= 15 is 0 Å². The molecule has 0 atom stereocenters. The predicted molar refractivity (Wildman–Crippen MR) is 137 cm³/mol. The number of para-hydroxylation sites is 1. The van der Waals surface area contributed by atoms with Crippen molar-refractivity contribution in [3.63, 3.8) is 0 Å². The Hall–Kier alpha value is -3.58. The SMILES string of the molecule is CC(=O)N1CCCN(Cc2ccccn2)CCCN(C(=O)Cc2cccnc2)Cc2ccccc21. The van der Waals surface area contributed by atoms with Gasteiger partial charge in [-0.2, -0.15) is 0 Å². The zero-order valence-electron chi connectivity index (χ0n) is 20.3. The molecule has 0 saturated heterocycles. The number of pyridine rings is 2. The number of hydrogen-bond acceptors (Lipinski definition) is 5. The number of carbonyl (C=O) groups is 2. The van der Waals surface area contributed by atoms with E-state index in [4.69, 9.17) is 0 Å². The summed E-state index contributed by atoms with van der Waals surface area (Å²) < 4.78 is 0. The minimum Gasteiger partial charge on any atom is -0.338 e. The highest BCUT2D eigenvalue weighted by Gasteiger charge is 2.21. The third kappa shape index (κ3) is 6.96. The lowest BCUT2D eigenvalue weighted by atomic mass is 10.1. The van der Waals surface area contributed by atoms with E-state index in [2.05, 4.69) is 14.9 Å². The number of aromatic nitrogens is 2. The molecule has 0 N–H and O–H groups in total. The molecule has 2 amide bonds. The molecule has 1 aromatic carbocycles. The molecule has 0 saturated carbocycles. The van der Waals surface area contributed by atoms with Crippen molar-refractivity contribution in [1.82, 2.24) is 19.8 Å². The van der Waals surface area contributed by atoms with Gasteiger partial charge in [0.1, 0.15) is 0 Å². The fourth-order valence-corrected chi connectivity index (χ4v) is 4.57. The second-order valence-corrected chi connectivity index (χ2v) is 8.96. The maximum atomic E-state index is 13.4. The van der Waals surface area contributed by atoms with Crippen molar-refractivity contribution in [1.29, 1.82) is 0 Å². The highest BCUT2D eigenvalue weighted by Crippen LogP contribution is 2.24. The van der Waals surface area contributed by atoms with Crippen LogP contribution >= 0.6 is 0 Å². The summed E-state index contributed by atoms with van der Waals surface area (Å²) in [6.07, 6.45) is 7.32. The highest BCUT2D eigenvalue weighted by molar-refractivity contribution is 5.92. The Kier molecular flexibility index (Phi) is 8.57. The zero-order chi connectivity index (χ0) is 24.5. The summed E-state index contributed by atoms with van der Waals surface area (Å²) in [6, 6.07) is 17.7. The van der Waals surface area contributed by atoms with Crippen molar-refractivity contribution < 1.29 is 9.59 Å². The molecule has 7 heteroatoms. The van der Waals surface area contributed by atoms with Crippen LogP contribution in [-0.2, 0) is 29.1 Å². The summed E-state index contributed by atoms with van der Waals surface area (Å²) in [6.45, 7) is 5.82. The maximum Gasteiger partial charge on any atom is 0.227 e. The van der Waals surface area contributed by atoms with Crippen molar-refractivity contribution in [3.05, 3.63) is 90.0 Å².